The van der Waals surface area contributed by atoms with Crippen LogP contribution in [0.15, 0.2) is 0 Å². The zero-order chi connectivity index (χ0) is 14.6. The van der Waals surface area contributed by atoms with E-state index < -0.39 is 18.6 Å². The summed E-state index contributed by atoms with van der Waals surface area (Å²) in [5, 5.41) is 2.58. The van der Waals surface area contributed by atoms with Gasteiger partial charge in [-0.15, -0.1) is 0 Å². The van der Waals surface area contributed by atoms with Crippen LogP contribution in [-0.4, -0.2) is 42.0 Å². The van der Waals surface area contributed by atoms with Crippen molar-refractivity contribution in [1.82, 2.24) is 10.2 Å². The molecule has 110 valence electrons. The van der Waals surface area contributed by atoms with E-state index in [0.717, 1.165) is 0 Å². The van der Waals surface area contributed by atoms with Gasteiger partial charge in [0.2, 0.25) is 11.8 Å². The van der Waals surface area contributed by atoms with E-state index in [1.807, 2.05) is 13.8 Å². The minimum atomic E-state index is -4.22. The number of alkyl halides is 3. The average Bonchev–Trinajstić information content (AvgIpc) is 2.22. The summed E-state index contributed by atoms with van der Waals surface area (Å²) in [6, 6.07) is -0.605. The maximum Gasteiger partial charge on any atom is 0.389 e. The summed E-state index contributed by atoms with van der Waals surface area (Å²) >= 11 is 0. The summed E-state index contributed by atoms with van der Waals surface area (Å²) in [6.45, 7) is 3.66. The predicted molar refractivity (Wildman–Crippen MR) is 63.3 cm³/mol. The Kier molecular flexibility index (Phi) is 5.20. The first-order valence-corrected chi connectivity index (χ1v) is 6.34. The maximum absolute atomic E-state index is 12.0. The Bertz CT molecular complexity index is 342. The molecular formula is C12H19F3N2O2. The summed E-state index contributed by atoms with van der Waals surface area (Å²) in [7, 11) is 0. The third-order valence-corrected chi connectivity index (χ3v) is 2.87. The summed E-state index contributed by atoms with van der Waals surface area (Å²) in [4.78, 5) is 24.7. The largest absolute Gasteiger partial charge is 0.389 e. The van der Waals surface area contributed by atoms with Gasteiger partial charge in [0, 0.05) is 13.0 Å². The molecule has 4 nitrogen and oxygen atoms in total. The number of piperazine rings is 1. The van der Waals surface area contributed by atoms with Gasteiger partial charge in [0.25, 0.3) is 0 Å². The van der Waals surface area contributed by atoms with E-state index in [9.17, 15) is 22.8 Å². The Morgan fingerprint density at radius 1 is 1.37 bits per heavy atom. The number of halogens is 3. The van der Waals surface area contributed by atoms with E-state index in [-0.39, 0.29) is 37.2 Å². The highest BCUT2D eigenvalue weighted by Gasteiger charge is 2.33. The number of rotatable bonds is 5. The van der Waals surface area contributed by atoms with Gasteiger partial charge >= 0.3 is 6.18 Å². The van der Waals surface area contributed by atoms with Gasteiger partial charge in [-0.05, 0) is 18.8 Å². The Balaban J connectivity index is 2.52. The smallest absolute Gasteiger partial charge is 0.343 e. The summed E-state index contributed by atoms with van der Waals surface area (Å²) in [6.07, 6.45) is -4.83. The van der Waals surface area contributed by atoms with Crippen molar-refractivity contribution in [1.29, 1.82) is 0 Å². The molecule has 0 aromatic heterocycles. The number of carbonyl (C=O) groups is 2. The van der Waals surface area contributed by atoms with Crippen LogP contribution in [0.1, 0.15) is 33.1 Å². The number of hydrogen-bond donors (Lipinski definition) is 1. The molecule has 1 N–H and O–H groups in total. The zero-order valence-electron chi connectivity index (χ0n) is 11.1. The molecule has 1 fully saturated rings. The lowest BCUT2D eigenvalue weighted by atomic mass is 10.0. The maximum atomic E-state index is 12.0. The summed E-state index contributed by atoms with van der Waals surface area (Å²) in [5.41, 5.74) is 0. The molecule has 1 unspecified atom stereocenters. The average molecular weight is 280 g/mol. The van der Waals surface area contributed by atoms with Crippen LogP contribution in [-0.2, 0) is 9.59 Å². The van der Waals surface area contributed by atoms with Crippen LogP contribution in [0.2, 0.25) is 0 Å². The van der Waals surface area contributed by atoms with Crippen molar-refractivity contribution < 1.29 is 22.8 Å². The highest BCUT2D eigenvalue weighted by Crippen LogP contribution is 2.22. The van der Waals surface area contributed by atoms with E-state index in [4.69, 9.17) is 0 Å². The van der Waals surface area contributed by atoms with Crippen molar-refractivity contribution in [3.8, 4) is 0 Å². The molecule has 0 saturated carbocycles. The minimum Gasteiger partial charge on any atom is -0.343 e. The number of nitrogens with zero attached hydrogens (tertiary/aromatic N) is 1. The van der Waals surface area contributed by atoms with Crippen LogP contribution < -0.4 is 5.32 Å². The predicted octanol–water partition coefficient (Wildman–Crippen LogP) is 1.70. The number of amides is 2. The van der Waals surface area contributed by atoms with E-state index in [0.29, 0.717) is 6.42 Å². The first kappa shape index (κ1) is 15.8. The molecule has 1 atom stereocenters. The molecule has 0 spiro atoms. The van der Waals surface area contributed by atoms with Gasteiger partial charge in [-0.25, -0.2) is 0 Å². The molecule has 1 aliphatic rings. The van der Waals surface area contributed by atoms with Crippen molar-refractivity contribution >= 4 is 11.8 Å². The van der Waals surface area contributed by atoms with Crippen LogP contribution >= 0.6 is 0 Å². The molecule has 1 rings (SSSR count). The van der Waals surface area contributed by atoms with Crippen molar-refractivity contribution in [2.45, 2.75) is 45.3 Å². The standard InChI is InChI=1S/C12H19F3N2O2/c1-8(2)6-9-11(19)17(7-10(18)16-9)5-3-4-12(13,14)15/h8-9H,3-7H2,1-2H3,(H,16,18). The van der Waals surface area contributed by atoms with E-state index in [2.05, 4.69) is 5.32 Å². The molecule has 1 aliphatic heterocycles. The van der Waals surface area contributed by atoms with Gasteiger partial charge in [-0.3, -0.25) is 9.59 Å². The van der Waals surface area contributed by atoms with Gasteiger partial charge in [0.1, 0.15) is 6.04 Å². The Hall–Kier alpha value is -1.27. The lowest BCUT2D eigenvalue weighted by molar-refractivity contribution is -0.147. The summed E-state index contributed by atoms with van der Waals surface area (Å²) < 4.78 is 36.1. The van der Waals surface area contributed by atoms with E-state index in [1.165, 1.54) is 4.90 Å². The normalized spacial score (nSPS) is 20.9. The van der Waals surface area contributed by atoms with Crippen molar-refractivity contribution in [3.63, 3.8) is 0 Å². The second kappa shape index (κ2) is 6.25. The molecule has 0 radical (unpaired) electrons. The number of hydrogen-bond acceptors (Lipinski definition) is 2. The van der Waals surface area contributed by atoms with Crippen LogP contribution in [0.25, 0.3) is 0 Å². The minimum absolute atomic E-state index is 0.0274. The molecule has 7 heteroatoms. The Morgan fingerprint density at radius 3 is 2.53 bits per heavy atom. The SMILES string of the molecule is CC(C)CC1NC(=O)CN(CCCC(F)(F)F)C1=O. The molecule has 0 aromatic carbocycles. The highest BCUT2D eigenvalue weighted by molar-refractivity contribution is 5.94. The molecule has 19 heavy (non-hydrogen) atoms. The van der Waals surface area contributed by atoms with Crippen molar-refractivity contribution in [2.75, 3.05) is 13.1 Å². The first-order chi connectivity index (χ1) is 8.69. The van der Waals surface area contributed by atoms with Crippen LogP contribution in [0.5, 0.6) is 0 Å². The van der Waals surface area contributed by atoms with Gasteiger partial charge in [-0.1, -0.05) is 13.8 Å². The second-order valence-electron chi connectivity index (χ2n) is 5.23. The summed E-state index contributed by atoms with van der Waals surface area (Å²) in [5.74, 6) is -0.364. The molecule has 1 saturated heterocycles. The van der Waals surface area contributed by atoms with Crippen molar-refractivity contribution in [2.24, 2.45) is 5.92 Å². The van der Waals surface area contributed by atoms with Crippen molar-refractivity contribution in [3.05, 3.63) is 0 Å². The topological polar surface area (TPSA) is 49.4 Å². The fourth-order valence-corrected chi connectivity index (χ4v) is 2.06. The molecule has 0 aliphatic carbocycles. The van der Waals surface area contributed by atoms with E-state index in [1.54, 1.807) is 0 Å². The monoisotopic (exact) mass is 280 g/mol. The van der Waals surface area contributed by atoms with Gasteiger partial charge in [0.05, 0.1) is 6.54 Å². The number of carbonyl (C=O) groups excluding carboxylic acids is 2. The van der Waals surface area contributed by atoms with Crippen LogP contribution in [0, 0.1) is 5.92 Å². The number of nitrogens with one attached hydrogen (secondary N) is 1. The van der Waals surface area contributed by atoms with Gasteiger partial charge in [0.15, 0.2) is 0 Å². The third kappa shape index (κ3) is 5.48. The third-order valence-electron chi connectivity index (χ3n) is 2.87. The van der Waals surface area contributed by atoms with Gasteiger partial charge < -0.3 is 10.2 Å². The zero-order valence-corrected chi connectivity index (χ0v) is 11.1. The molecule has 0 bridgehead atoms. The first-order valence-electron chi connectivity index (χ1n) is 6.34. The fourth-order valence-electron chi connectivity index (χ4n) is 2.06. The lowest BCUT2D eigenvalue weighted by Gasteiger charge is -2.33. The Labute approximate surface area is 110 Å². The molecular weight excluding hydrogens is 261 g/mol. The van der Waals surface area contributed by atoms with Gasteiger partial charge in [-0.2, -0.15) is 13.2 Å². The molecule has 1 heterocycles. The highest BCUT2D eigenvalue weighted by atomic mass is 19.4. The lowest BCUT2D eigenvalue weighted by Crippen LogP contribution is -2.58. The van der Waals surface area contributed by atoms with Crippen LogP contribution in [0.4, 0.5) is 13.2 Å². The second-order valence-corrected chi connectivity index (χ2v) is 5.23. The van der Waals surface area contributed by atoms with E-state index >= 15 is 0 Å². The molecule has 0 aromatic rings. The quantitative estimate of drug-likeness (QED) is 0.833. The molecule has 2 amide bonds. The Morgan fingerprint density at radius 2 is 2.00 bits per heavy atom. The van der Waals surface area contributed by atoms with Crippen LogP contribution in [0.3, 0.4) is 0 Å². The fraction of sp³-hybridized carbons (Fsp3) is 0.833.